The van der Waals surface area contributed by atoms with Gasteiger partial charge in [-0.1, -0.05) is 28.1 Å². The van der Waals surface area contributed by atoms with Crippen LogP contribution in [0.4, 0.5) is 5.69 Å². The van der Waals surface area contributed by atoms with Crippen LogP contribution in [-0.2, 0) is 14.8 Å². The lowest BCUT2D eigenvalue weighted by molar-refractivity contribution is -0.116. The van der Waals surface area contributed by atoms with E-state index >= 15 is 0 Å². The molecule has 0 aliphatic rings. The number of halogens is 1. The molecule has 0 heterocycles. The van der Waals surface area contributed by atoms with Crippen LogP contribution in [0.25, 0.3) is 0 Å². The molecular weight excluding hydrogens is 408 g/mol. The molecule has 134 valence electrons. The molecule has 0 saturated heterocycles. The van der Waals surface area contributed by atoms with Crippen LogP contribution in [0.2, 0.25) is 0 Å². The van der Waals surface area contributed by atoms with Crippen LogP contribution in [0.3, 0.4) is 0 Å². The fourth-order valence-corrected chi connectivity index (χ4v) is 3.97. The predicted molar refractivity (Wildman–Crippen MR) is 100 cm³/mol. The molecule has 0 aromatic heterocycles. The molecule has 0 unspecified atom stereocenters. The number of carbonyl (C=O) groups is 1. The van der Waals surface area contributed by atoms with Crippen LogP contribution in [0.1, 0.15) is 5.56 Å². The largest absolute Gasteiger partial charge is 0.495 e. The SMILES string of the molecule is COc1ccc(C)cc1S(=O)(=O)N(C)CC(=O)Nc1cccc(Br)c1. The van der Waals surface area contributed by atoms with Gasteiger partial charge < -0.3 is 10.1 Å². The lowest BCUT2D eigenvalue weighted by atomic mass is 10.2. The highest BCUT2D eigenvalue weighted by molar-refractivity contribution is 9.10. The van der Waals surface area contributed by atoms with Gasteiger partial charge in [0.1, 0.15) is 10.6 Å². The molecule has 0 radical (unpaired) electrons. The monoisotopic (exact) mass is 426 g/mol. The zero-order valence-electron chi connectivity index (χ0n) is 14.1. The minimum absolute atomic E-state index is 0.0350. The summed E-state index contributed by atoms with van der Waals surface area (Å²) in [7, 11) is -1.10. The minimum atomic E-state index is -3.86. The molecule has 2 aromatic carbocycles. The zero-order valence-corrected chi connectivity index (χ0v) is 16.5. The van der Waals surface area contributed by atoms with Gasteiger partial charge in [0, 0.05) is 17.2 Å². The van der Waals surface area contributed by atoms with Crippen LogP contribution in [0.15, 0.2) is 51.8 Å². The maximum absolute atomic E-state index is 12.8. The Labute approximate surface area is 156 Å². The summed E-state index contributed by atoms with van der Waals surface area (Å²) in [6.07, 6.45) is 0. The van der Waals surface area contributed by atoms with Crippen LogP contribution >= 0.6 is 15.9 Å². The first-order valence-corrected chi connectivity index (χ1v) is 9.63. The summed E-state index contributed by atoms with van der Waals surface area (Å²) in [4.78, 5) is 12.2. The minimum Gasteiger partial charge on any atom is -0.495 e. The van der Waals surface area contributed by atoms with Gasteiger partial charge in [0.2, 0.25) is 15.9 Å². The number of amides is 1. The van der Waals surface area contributed by atoms with Crippen molar-refractivity contribution in [2.75, 3.05) is 26.0 Å². The fraction of sp³-hybridized carbons (Fsp3) is 0.235. The Hall–Kier alpha value is -1.90. The molecule has 0 spiro atoms. The van der Waals surface area contributed by atoms with E-state index in [-0.39, 0.29) is 17.2 Å². The van der Waals surface area contributed by atoms with Crippen molar-refractivity contribution in [2.45, 2.75) is 11.8 Å². The van der Waals surface area contributed by atoms with E-state index in [1.807, 2.05) is 6.07 Å². The van der Waals surface area contributed by atoms with Crippen molar-refractivity contribution >= 4 is 37.5 Å². The molecule has 0 aliphatic heterocycles. The molecule has 0 fully saturated rings. The van der Waals surface area contributed by atoms with Crippen molar-refractivity contribution < 1.29 is 17.9 Å². The van der Waals surface area contributed by atoms with Gasteiger partial charge in [-0.05, 0) is 42.8 Å². The highest BCUT2D eigenvalue weighted by Gasteiger charge is 2.26. The second-order valence-electron chi connectivity index (χ2n) is 5.47. The Morgan fingerprint density at radius 1 is 1.24 bits per heavy atom. The van der Waals surface area contributed by atoms with Crippen molar-refractivity contribution in [1.29, 1.82) is 0 Å². The molecule has 2 rings (SSSR count). The van der Waals surface area contributed by atoms with E-state index in [0.29, 0.717) is 5.69 Å². The standard InChI is InChI=1S/C17H19BrN2O4S/c1-12-7-8-15(24-3)16(9-12)25(22,23)20(2)11-17(21)19-14-6-4-5-13(18)10-14/h4-10H,11H2,1-3H3,(H,19,21). The highest BCUT2D eigenvalue weighted by atomic mass is 79.9. The van der Waals surface area contributed by atoms with E-state index in [9.17, 15) is 13.2 Å². The van der Waals surface area contributed by atoms with E-state index < -0.39 is 15.9 Å². The molecule has 1 N–H and O–H groups in total. The van der Waals surface area contributed by atoms with Gasteiger partial charge in [0.15, 0.2) is 0 Å². The molecule has 25 heavy (non-hydrogen) atoms. The number of rotatable bonds is 6. The first-order valence-electron chi connectivity index (χ1n) is 7.40. The van der Waals surface area contributed by atoms with E-state index in [2.05, 4.69) is 21.2 Å². The van der Waals surface area contributed by atoms with Gasteiger partial charge >= 0.3 is 0 Å². The summed E-state index contributed by atoms with van der Waals surface area (Å²) >= 11 is 3.32. The van der Waals surface area contributed by atoms with Gasteiger partial charge in [-0.2, -0.15) is 4.31 Å². The third-order valence-electron chi connectivity index (χ3n) is 3.48. The lowest BCUT2D eigenvalue weighted by Gasteiger charge is -2.19. The summed E-state index contributed by atoms with van der Waals surface area (Å²) < 4.78 is 32.5. The molecule has 0 aliphatic carbocycles. The van der Waals surface area contributed by atoms with Crippen molar-refractivity contribution in [2.24, 2.45) is 0 Å². The number of anilines is 1. The third kappa shape index (κ3) is 4.81. The number of ether oxygens (including phenoxy) is 1. The van der Waals surface area contributed by atoms with Crippen molar-refractivity contribution in [3.8, 4) is 5.75 Å². The Morgan fingerprint density at radius 3 is 2.60 bits per heavy atom. The molecule has 0 saturated carbocycles. The average Bonchev–Trinajstić information content (AvgIpc) is 2.54. The topological polar surface area (TPSA) is 75.7 Å². The van der Waals surface area contributed by atoms with Crippen LogP contribution in [0.5, 0.6) is 5.75 Å². The second kappa shape index (κ2) is 7.99. The Balaban J connectivity index is 2.17. The second-order valence-corrected chi connectivity index (χ2v) is 8.40. The van der Waals surface area contributed by atoms with E-state index in [1.165, 1.54) is 20.2 Å². The molecular formula is C17H19BrN2O4S. The molecule has 8 heteroatoms. The molecule has 1 amide bonds. The Bertz CT molecular complexity index is 884. The van der Waals surface area contributed by atoms with Crippen molar-refractivity contribution in [3.05, 3.63) is 52.5 Å². The number of sulfonamides is 1. The quantitative estimate of drug-likeness (QED) is 0.769. The number of hydrogen-bond donors (Lipinski definition) is 1. The summed E-state index contributed by atoms with van der Waals surface area (Å²) in [6.45, 7) is 1.48. The summed E-state index contributed by atoms with van der Waals surface area (Å²) in [5.74, 6) is -0.194. The third-order valence-corrected chi connectivity index (χ3v) is 5.80. The lowest BCUT2D eigenvalue weighted by Crippen LogP contribution is -2.35. The highest BCUT2D eigenvalue weighted by Crippen LogP contribution is 2.27. The number of methoxy groups -OCH3 is 1. The number of nitrogens with zero attached hydrogens (tertiary/aromatic N) is 1. The zero-order chi connectivity index (χ0) is 18.6. The van der Waals surface area contributed by atoms with E-state index in [1.54, 1.807) is 37.3 Å². The van der Waals surface area contributed by atoms with Gasteiger partial charge in [0.05, 0.1) is 13.7 Å². The van der Waals surface area contributed by atoms with Crippen molar-refractivity contribution in [1.82, 2.24) is 4.31 Å². The first-order chi connectivity index (χ1) is 11.7. The smallest absolute Gasteiger partial charge is 0.246 e. The van der Waals surface area contributed by atoms with Crippen LogP contribution < -0.4 is 10.1 Å². The number of hydrogen-bond acceptors (Lipinski definition) is 4. The summed E-state index contributed by atoms with van der Waals surface area (Å²) in [5, 5.41) is 2.67. The van der Waals surface area contributed by atoms with Gasteiger partial charge in [0.25, 0.3) is 0 Å². The molecule has 6 nitrogen and oxygen atoms in total. The number of nitrogens with one attached hydrogen (secondary N) is 1. The number of benzene rings is 2. The number of likely N-dealkylation sites (N-methyl/N-ethyl adjacent to an activating group) is 1. The molecule has 0 atom stereocenters. The van der Waals surface area contributed by atoms with E-state index in [4.69, 9.17) is 4.74 Å². The normalized spacial score (nSPS) is 11.4. The summed E-state index contributed by atoms with van der Waals surface area (Å²) in [6, 6.07) is 11.9. The van der Waals surface area contributed by atoms with Crippen molar-refractivity contribution in [3.63, 3.8) is 0 Å². The Kier molecular flexibility index (Phi) is 6.21. The maximum Gasteiger partial charge on any atom is 0.246 e. The predicted octanol–water partition coefficient (Wildman–Crippen LogP) is 3.03. The average molecular weight is 427 g/mol. The summed E-state index contributed by atoms with van der Waals surface area (Å²) in [5.41, 5.74) is 1.37. The van der Waals surface area contributed by atoms with Gasteiger partial charge in [-0.3, -0.25) is 4.79 Å². The van der Waals surface area contributed by atoms with Gasteiger partial charge in [-0.25, -0.2) is 8.42 Å². The fourth-order valence-electron chi connectivity index (χ4n) is 2.21. The van der Waals surface area contributed by atoms with E-state index in [0.717, 1.165) is 14.3 Å². The Morgan fingerprint density at radius 2 is 1.96 bits per heavy atom. The number of carbonyl (C=O) groups excluding carboxylic acids is 1. The van der Waals surface area contributed by atoms with Gasteiger partial charge in [-0.15, -0.1) is 0 Å². The van der Waals surface area contributed by atoms with Crippen LogP contribution in [-0.4, -0.2) is 39.3 Å². The molecule has 0 bridgehead atoms. The van der Waals surface area contributed by atoms with Crippen LogP contribution in [0, 0.1) is 6.92 Å². The number of aryl methyl sites for hydroxylation is 1. The molecule has 2 aromatic rings. The maximum atomic E-state index is 12.8. The first kappa shape index (κ1) is 19.4.